The molecule has 22 heavy (non-hydrogen) atoms. The van der Waals surface area contributed by atoms with Gasteiger partial charge in [0.2, 0.25) is 0 Å². The van der Waals surface area contributed by atoms with Gasteiger partial charge in [-0.1, -0.05) is 18.2 Å². The Labute approximate surface area is 127 Å². The molecule has 0 unspecified atom stereocenters. The average Bonchev–Trinajstić information content (AvgIpc) is 2.52. The quantitative estimate of drug-likeness (QED) is 0.881. The van der Waals surface area contributed by atoms with E-state index >= 15 is 0 Å². The molecule has 0 radical (unpaired) electrons. The molecule has 1 heterocycles. The first-order valence-electron chi connectivity index (χ1n) is 6.83. The number of amides is 1. The number of carbonyl (C=O) groups excluding carboxylic acids is 1. The lowest BCUT2D eigenvalue weighted by Crippen LogP contribution is -2.32. The van der Waals surface area contributed by atoms with Crippen LogP contribution in [-0.4, -0.2) is 24.2 Å². The van der Waals surface area contributed by atoms with Gasteiger partial charge in [0, 0.05) is 26.3 Å². The highest BCUT2D eigenvalue weighted by molar-refractivity contribution is 5.92. The van der Waals surface area contributed by atoms with Gasteiger partial charge in [0.15, 0.2) is 0 Å². The van der Waals surface area contributed by atoms with Crippen molar-refractivity contribution in [3.63, 3.8) is 0 Å². The number of ether oxygens (including phenoxy) is 1. The fourth-order valence-electron chi connectivity index (χ4n) is 2.01. The molecule has 0 fully saturated rings. The maximum absolute atomic E-state index is 12.8. The van der Waals surface area contributed by atoms with E-state index in [2.05, 4.69) is 5.32 Å². The number of aromatic nitrogens is 1. The Hall–Kier alpha value is -2.47. The Morgan fingerprint density at radius 3 is 2.64 bits per heavy atom. The van der Waals surface area contributed by atoms with Crippen LogP contribution in [0.25, 0.3) is 0 Å². The van der Waals surface area contributed by atoms with Gasteiger partial charge in [-0.3, -0.25) is 9.59 Å². The first-order chi connectivity index (χ1) is 10.6. The molecule has 0 bridgehead atoms. The van der Waals surface area contributed by atoms with Crippen LogP contribution in [0.3, 0.4) is 0 Å². The molecule has 0 spiro atoms. The summed E-state index contributed by atoms with van der Waals surface area (Å²) in [5, 5.41) is 2.72. The lowest BCUT2D eigenvalue weighted by Gasteiger charge is -2.12. The number of hydrogen-bond donors (Lipinski definition) is 1. The number of halogens is 1. The molecule has 0 saturated heterocycles. The molecule has 2 rings (SSSR count). The number of rotatable bonds is 6. The van der Waals surface area contributed by atoms with Crippen LogP contribution in [0.1, 0.15) is 16.1 Å². The SMILES string of the molecule is COCCn1c(C(=O)NCc2ccc(F)cc2)cccc1=O. The summed E-state index contributed by atoms with van der Waals surface area (Å²) in [5.74, 6) is -0.690. The van der Waals surface area contributed by atoms with Gasteiger partial charge in [0.25, 0.3) is 11.5 Å². The van der Waals surface area contributed by atoms with Gasteiger partial charge in [0.1, 0.15) is 11.5 Å². The van der Waals surface area contributed by atoms with Crippen LogP contribution in [0, 0.1) is 5.82 Å². The largest absolute Gasteiger partial charge is 0.383 e. The molecule has 5 nitrogen and oxygen atoms in total. The van der Waals surface area contributed by atoms with Gasteiger partial charge in [-0.25, -0.2) is 4.39 Å². The van der Waals surface area contributed by atoms with Gasteiger partial charge in [0.05, 0.1) is 6.61 Å². The Kier molecular flexibility index (Phi) is 5.43. The van der Waals surface area contributed by atoms with E-state index in [0.29, 0.717) is 13.2 Å². The smallest absolute Gasteiger partial charge is 0.268 e. The number of nitrogens with one attached hydrogen (secondary N) is 1. The number of hydrogen-bond acceptors (Lipinski definition) is 3. The summed E-state index contributed by atoms with van der Waals surface area (Å²) in [6.45, 7) is 0.893. The van der Waals surface area contributed by atoms with E-state index in [0.717, 1.165) is 5.56 Å². The number of methoxy groups -OCH3 is 1. The molecule has 0 aliphatic rings. The molecular weight excluding hydrogens is 287 g/mol. The first-order valence-corrected chi connectivity index (χ1v) is 6.83. The maximum Gasteiger partial charge on any atom is 0.268 e. The normalized spacial score (nSPS) is 10.5. The standard InChI is InChI=1S/C16H17FN2O3/c1-22-10-9-19-14(3-2-4-15(19)20)16(21)18-11-12-5-7-13(17)8-6-12/h2-8H,9-11H2,1H3,(H,18,21). The number of benzene rings is 1. The molecule has 1 N–H and O–H groups in total. The summed E-state index contributed by atoms with van der Waals surface area (Å²) in [6.07, 6.45) is 0. The zero-order chi connectivity index (χ0) is 15.9. The Morgan fingerprint density at radius 1 is 1.23 bits per heavy atom. The van der Waals surface area contributed by atoms with E-state index < -0.39 is 0 Å². The number of nitrogens with zero attached hydrogens (tertiary/aromatic N) is 1. The highest BCUT2D eigenvalue weighted by Gasteiger charge is 2.11. The van der Waals surface area contributed by atoms with E-state index in [1.165, 1.54) is 29.9 Å². The summed E-state index contributed by atoms with van der Waals surface area (Å²) in [7, 11) is 1.53. The average molecular weight is 304 g/mol. The van der Waals surface area contributed by atoms with Crippen LogP contribution < -0.4 is 10.9 Å². The summed E-state index contributed by atoms with van der Waals surface area (Å²) >= 11 is 0. The van der Waals surface area contributed by atoms with Crippen molar-refractivity contribution in [1.29, 1.82) is 0 Å². The third kappa shape index (κ3) is 4.02. The highest BCUT2D eigenvalue weighted by Crippen LogP contribution is 2.03. The van der Waals surface area contributed by atoms with Crippen molar-refractivity contribution in [2.75, 3.05) is 13.7 Å². The molecule has 0 atom stereocenters. The Balaban J connectivity index is 2.10. The van der Waals surface area contributed by atoms with Crippen LogP contribution in [0.4, 0.5) is 4.39 Å². The van der Waals surface area contributed by atoms with Crippen LogP contribution >= 0.6 is 0 Å². The van der Waals surface area contributed by atoms with E-state index in [1.54, 1.807) is 24.3 Å². The predicted octanol–water partition coefficient (Wildman–Crippen LogP) is 1.56. The van der Waals surface area contributed by atoms with Gasteiger partial charge in [-0.15, -0.1) is 0 Å². The third-order valence-corrected chi connectivity index (χ3v) is 3.17. The molecular formula is C16H17FN2O3. The van der Waals surface area contributed by atoms with E-state index in [4.69, 9.17) is 4.74 Å². The number of carbonyl (C=O) groups is 1. The van der Waals surface area contributed by atoms with Gasteiger partial charge in [-0.2, -0.15) is 0 Å². The molecule has 1 amide bonds. The van der Waals surface area contributed by atoms with E-state index in [-0.39, 0.29) is 29.5 Å². The second-order valence-electron chi connectivity index (χ2n) is 4.70. The van der Waals surface area contributed by atoms with Crippen LogP contribution in [0.5, 0.6) is 0 Å². The lowest BCUT2D eigenvalue weighted by atomic mass is 10.2. The Bertz CT molecular complexity index is 695. The minimum Gasteiger partial charge on any atom is -0.383 e. The third-order valence-electron chi connectivity index (χ3n) is 3.17. The monoisotopic (exact) mass is 304 g/mol. The topological polar surface area (TPSA) is 60.3 Å². The molecule has 1 aromatic carbocycles. The van der Waals surface area contributed by atoms with Crippen molar-refractivity contribution >= 4 is 5.91 Å². The summed E-state index contributed by atoms with van der Waals surface area (Å²) in [4.78, 5) is 24.1. The zero-order valence-electron chi connectivity index (χ0n) is 12.2. The minimum atomic E-state index is -0.363. The minimum absolute atomic E-state index is 0.256. The summed E-state index contributed by atoms with van der Waals surface area (Å²) < 4.78 is 19.1. The fraction of sp³-hybridized carbons (Fsp3) is 0.250. The van der Waals surface area contributed by atoms with Crippen LogP contribution in [0.2, 0.25) is 0 Å². The first kappa shape index (κ1) is 15.9. The molecule has 6 heteroatoms. The fourth-order valence-corrected chi connectivity index (χ4v) is 2.01. The number of pyridine rings is 1. The molecule has 0 saturated carbocycles. The molecule has 0 aliphatic heterocycles. The molecule has 0 aliphatic carbocycles. The van der Waals surface area contributed by atoms with Gasteiger partial charge >= 0.3 is 0 Å². The van der Waals surface area contributed by atoms with Crippen molar-refractivity contribution in [3.05, 3.63) is 69.9 Å². The van der Waals surface area contributed by atoms with E-state index in [1.807, 2.05) is 0 Å². The zero-order valence-corrected chi connectivity index (χ0v) is 12.2. The maximum atomic E-state index is 12.8. The second kappa shape index (κ2) is 7.51. The predicted molar refractivity (Wildman–Crippen MR) is 80.1 cm³/mol. The van der Waals surface area contributed by atoms with Crippen molar-refractivity contribution in [2.45, 2.75) is 13.1 Å². The highest BCUT2D eigenvalue weighted by atomic mass is 19.1. The molecule has 116 valence electrons. The van der Waals surface area contributed by atoms with E-state index in [9.17, 15) is 14.0 Å². The van der Waals surface area contributed by atoms with Gasteiger partial charge < -0.3 is 14.6 Å². The second-order valence-corrected chi connectivity index (χ2v) is 4.70. The molecule has 2 aromatic rings. The van der Waals surface area contributed by atoms with Crippen molar-refractivity contribution in [3.8, 4) is 0 Å². The van der Waals surface area contributed by atoms with Gasteiger partial charge in [-0.05, 0) is 23.8 Å². The van der Waals surface area contributed by atoms with Crippen molar-refractivity contribution < 1.29 is 13.9 Å². The van der Waals surface area contributed by atoms with Crippen molar-refractivity contribution in [2.24, 2.45) is 0 Å². The van der Waals surface area contributed by atoms with Crippen molar-refractivity contribution in [1.82, 2.24) is 9.88 Å². The summed E-state index contributed by atoms with van der Waals surface area (Å²) in [6, 6.07) is 10.4. The van der Waals surface area contributed by atoms with Crippen LogP contribution in [-0.2, 0) is 17.8 Å². The Morgan fingerprint density at radius 2 is 1.95 bits per heavy atom. The van der Waals surface area contributed by atoms with Crippen LogP contribution in [0.15, 0.2) is 47.3 Å². The molecule has 1 aromatic heterocycles. The summed E-state index contributed by atoms with van der Waals surface area (Å²) in [5.41, 5.74) is 0.787. The lowest BCUT2D eigenvalue weighted by molar-refractivity contribution is 0.0937.